The van der Waals surface area contributed by atoms with Crippen LogP contribution in [0.15, 0.2) is 40.6 Å². The van der Waals surface area contributed by atoms with Gasteiger partial charge in [-0.15, -0.1) is 0 Å². The number of anilines is 1. The van der Waals surface area contributed by atoms with Gasteiger partial charge in [-0.05, 0) is 25.1 Å². The molecule has 31 heavy (non-hydrogen) atoms. The molecule has 0 saturated carbocycles. The highest BCUT2D eigenvalue weighted by atomic mass is 35.5. The summed E-state index contributed by atoms with van der Waals surface area (Å²) in [5.74, 6) is -0.00611. The van der Waals surface area contributed by atoms with E-state index in [1.54, 1.807) is 12.1 Å². The molecule has 2 aromatic rings. The van der Waals surface area contributed by atoms with Crippen molar-refractivity contribution in [2.24, 2.45) is 10.2 Å². The third-order valence-corrected chi connectivity index (χ3v) is 4.79. The zero-order chi connectivity index (χ0) is 23.1. The van der Waals surface area contributed by atoms with Crippen molar-refractivity contribution in [1.82, 2.24) is 0 Å². The Balaban J connectivity index is 2.40. The van der Waals surface area contributed by atoms with E-state index in [4.69, 9.17) is 42.3 Å². The maximum atomic E-state index is 12.9. The Morgan fingerprint density at radius 3 is 2.13 bits per heavy atom. The number of azo groups is 1. The molecule has 9 nitrogen and oxygen atoms in total. The Labute approximate surface area is 189 Å². The van der Waals surface area contributed by atoms with Crippen LogP contribution >= 0.6 is 23.4 Å². The van der Waals surface area contributed by atoms with Gasteiger partial charge in [0.25, 0.3) is 5.91 Å². The van der Waals surface area contributed by atoms with Crippen molar-refractivity contribution in [1.29, 1.82) is 0 Å². The van der Waals surface area contributed by atoms with Gasteiger partial charge in [-0.1, -0.05) is 11.6 Å². The fourth-order valence-electron chi connectivity index (χ4n) is 2.52. The number of hydrogen-bond donors (Lipinski definition) is 0. The Kier molecular flexibility index (Phi) is 8.47. The van der Waals surface area contributed by atoms with Crippen molar-refractivity contribution in [2.75, 3.05) is 32.9 Å². The monoisotopic (exact) mass is 469 g/mol. The van der Waals surface area contributed by atoms with Crippen molar-refractivity contribution >= 4 is 46.4 Å². The van der Waals surface area contributed by atoms with Gasteiger partial charge < -0.3 is 18.9 Å². The number of rotatable bonds is 9. The lowest BCUT2D eigenvalue weighted by molar-refractivity contribution is -0.126. The number of carbonyl (C=O) groups is 2. The Morgan fingerprint density at radius 1 is 0.935 bits per heavy atom. The molecule has 0 aliphatic rings. The number of benzene rings is 2. The summed E-state index contributed by atoms with van der Waals surface area (Å²) in [6.45, 7) is 1.20. The summed E-state index contributed by atoms with van der Waals surface area (Å²) in [5.41, 5.74) is 0.382. The van der Waals surface area contributed by atoms with Gasteiger partial charge in [-0.2, -0.15) is 10.2 Å². The summed E-state index contributed by atoms with van der Waals surface area (Å²) in [6, 6.07) is 6.14. The second-order valence-corrected chi connectivity index (χ2v) is 6.79. The fourth-order valence-corrected chi connectivity index (χ4v) is 2.98. The maximum Gasteiger partial charge on any atom is 0.276 e. The molecule has 0 bridgehead atoms. The molecule has 0 heterocycles. The summed E-state index contributed by atoms with van der Waals surface area (Å²) in [7, 11) is 5.76. The van der Waals surface area contributed by atoms with E-state index >= 15 is 0 Å². The average Bonchev–Trinajstić information content (AvgIpc) is 2.77. The van der Waals surface area contributed by atoms with Crippen LogP contribution in [-0.4, -0.2) is 46.2 Å². The largest absolute Gasteiger partial charge is 0.497 e. The van der Waals surface area contributed by atoms with Crippen molar-refractivity contribution in [3.05, 3.63) is 35.4 Å². The highest BCUT2D eigenvalue weighted by molar-refractivity contribution is 6.39. The van der Waals surface area contributed by atoms with Crippen LogP contribution in [0.25, 0.3) is 0 Å². The van der Waals surface area contributed by atoms with E-state index in [-0.39, 0.29) is 22.1 Å². The molecule has 0 aliphatic carbocycles. The van der Waals surface area contributed by atoms with E-state index in [2.05, 4.69) is 10.2 Å². The Morgan fingerprint density at radius 2 is 1.58 bits per heavy atom. The van der Waals surface area contributed by atoms with E-state index in [0.717, 1.165) is 4.42 Å². The Hall–Kier alpha value is -3.04. The lowest BCUT2D eigenvalue weighted by atomic mass is 10.2. The molecule has 1 unspecified atom stereocenters. The van der Waals surface area contributed by atoms with Crippen LogP contribution < -0.4 is 23.4 Å². The van der Waals surface area contributed by atoms with Gasteiger partial charge in [0.1, 0.15) is 34.4 Å². The van der Waals surface area contributed by atoms with E-state index in [0.29, 0.717) is 17.2 Å². The van der Waals surface area contributed by atoms with Crippen molar-refractivity contribution < 1.29 is 28.5 Å². The number of hydrogen-bond acceptors (Lipinski definition) is 8. The summed E-state index contributed by atoms with van der Waals surface area (Å²) in [4.78, 5) is 25.1. The number of Topliss-reactive ketones (excluding diaryl/α,β-unsaturated/α-hetero) is 1. The molecule has 0 aliphatic heterocycles. The molecule has 11 heteroatoms. The second-order valence-electron chi connectivity index (χ2n) is 6.04. The fraction of sp³-hybridized carbons (Fsp3) is 0.300. The molecule has 0 N–H and O–H groups in total. The molecule has 2 rings (SSSR count). The molecule has 0 spiro atoms. The smallest absolute Gasteiger partial charge is 0.276 e. The van der Waals surface area contributed by atoms with Gasteiger partial charge in [0.05, 0.1) is 33.5 Å². The predicted molar refractivity (Wildman–Crippen MR) is 116 cm³/mol. The second kappa shape index (κ2) is 10.8. The maximum absolute atomic E-state index is 12.9. The SMILES string of the molecule is COc1ccc(OC)c(N(Cl)C(=O)C(N=Nc2cc(Cl)c(OC)cc2OC)C(C)=O)c1. The van der Waals surface area contributed by atoms with Gasteiger partial charge in [0.2, 0.25) is 6.04 Å². The highest BCUT2D eigenvalue weighted by Crippen LogP contribution is 2.38. The molecule has 1 atom stereocenters. The molecular weight excluding hydrogens is 449 g/mol. The van der Waals surface area contributed by atoms with E-state index < -0.39 is 17.7 Å². The molecule has 2 aromatic carbocycles. The van der Waals surface area contributed by atoms with E-state index in [1.807, 2.05) is 0 Å². The number of halogens is 2. The molecule has 1 amide bonds. The van der Waals surface area contributed by atoms with Gasteiger partial charge in [-0.25, -0.2) is 4.42 Å². The van der Waals surface area contributed by atoms with Crippen molar-refractivity contribution in [3.63, 3.8) is 0 Å². The molecule has 166 valence electrons. The van der Waals surface area contributed by atoms with Crippen LogP contribution in [0.4, 0.5) is 11.4 Å². The zero-order valence-corrected chi connectivity index (χ0v) is 19.0. The standard InChI is InChI=1S/C20H21Cl2N3O6/c1-11(26)19(24-23-14-9-13(21)17(30-4)10-18(14)31-5)20(27)25(22)15-8-12(28-2)6-7-16(15)29-3/h6-10,19H,1-5H3. The van der Waals surface area contributed by atoms with Crippen LogP contribution in [0.5, 0.6) is 23.0 Å². The van der Waals surface area contributed by atoms with Crippen molar-refractivity contribution in [3.8, 4) is 23.0 Å². The normalized spacial score (nSPS) is 11.7. The first-order chi connectivity index (χ1) is 14.8. The van der Waals surface area contributed by atoms with Crippen LogP contribution in [-0.2, 0) is 9.59 Å². The number of ketones is 1. The van der Waals surface area contributed by atoms with E-state index in [1.165, 1.54) is 53.6 Å². The highest BCUT2D eigenvalue weighted by Gasteiger charge is 2.30. The first-order valence-corrected chi connectivity index (χ1v) is 9.53. The lowest BCUT2D eigenvalue weighted by Crippen LogP contribution is -2.36. The van der Waals surface area contributed by atoms with Crippen LogP contribution in [0, 0.1) is 0 Å². The van der Waals surface area contributed by atoms with Gasteiger partial charge in [-0.3, -0.25) is 9.59 Å². The van der Waals surface area contributed by atoms with E-state index in [9.17, 15) is 9.59 Å². The van der Waals surface area contributed by atoms with Gasteiger partial charge in [0.15, 0.2) is 5.78 Å². The van der Waals surface area contributed by atoms with Crippen molar-refractivity contribution in [2.45, 2.75) is 13.0 Å². The lowest BCUT2D eigenvalue weighted by Gasteiger charge is -2.19. The van der Waals surface area contributed by atoms with Gasteiger partial charge >= 0.3 is 0 Å². The zero-order valence-electron chi connectivity index (χ0n) is 17.5. The minimum absolute atomic E-state index is 0.181. The molecule has 0 radical (unpaired) electrons. The minimum atomic E-state index is -1.51. The molecular formula is C20H21Cl2N3O6. The molecule has 0 aromatic heterocycles. The van der Waals surface area contributed by atoms with Crippen LogP contribution in [0.2, 0.25) is 5.02 Å². The summed E-state index contributed by atoms with van der Waals surface area (Å²) < 4.78 is 21.5. The number of nitrogens with zero attached hydrogens (tertiary/aromatic N) is 3. The molecule has 0 fully saturated rings. The first-order valence-electron chi connectivity index (χ1n) is 8.81. The summed E-state index contributed by atoms with van der Waals surface area (Å²) in [5, 5.41) is 8.13. The predicted octanol–water partition coefficient (Wildman–Crippen LogP) is 4.60. The number of carbonyl (C=O) groups excluding carboxylic acids is 2. The minimum Gasteiger partial charge on any atom is -0.497 e. The first kappa shape index (κ1) is 24.2. The van der Waals surface area contributed by atoms with Gasteiger partial charge in [0, 0.05) is 23.9 Å². The van der Waals surface area contributed by atoms with Crippen LogP contribution in [0.1, 0.15) is 6.92 Å². The molecule has 0 saturated heterocycles. The van der Waals surface area contributed by atoms with Crippen LogP contribution in [0.3, 0.4) is 0 Å². The summed E-state index contributed by atoms with van der Waals surface area (Å²) in [6.07, 6.45) is 0. The number of methoxy groups -OCH3 is 4. The third kappa shape index (κ3) is 5.56. The topological polar surface area (TPSA) is 99.0 Å². The number of ether oxygens (including phenoxy) is 4. The summed E-state index contributed by atoms with van der Waals surface area (Å²) >= 11 is 12.4. The quantitative estimate of drug-likeness (QED) is 0.302. The Bertz CT molecular complexity index is 999. The average molecular weight is 470 g/mol. The third-order valence-electron chi connectivity index (χ3n) is 4.14. The number of amides is 1.